The number of rotatable bonds is 5. The van der Waals surface area contributed by atoms with Crippen LogP contribution in [-0.2, 0) is 9.59 Å². The van der Waals surface area contributed by atoms with Gasteiger partial charge in [0.2, 0.25) is 11.1 Å². The summed E-state index contributed by atoms with van der Waals surface area (Å²) in [7, 11) is 0. The molecule has 0 unspecified atom stereocenters. The molecule has 0 spiro atoms. The number of nitrogens with two attached hydrogens (primary N) is 1. The van der Waals surface area contributed by atoms with Crippen molar-refractivity contribution in [3.8, 4) is 11.4 Å². The van der Waals surface area contributed by atoms with Crippen LogP contribution in [0, 0.1) is 13.8 Å². The van der Waals surface area contributed by atoms with Gasteiger partial charge < -0.3 is 15.4 Å². The van der Waals surface area contributed by atoms with Crippen LogP contribution >= 0.6 is 11.8 Å². The number of carbonyl (C=O) groups excluding carboxylic acids is 2. The maximum absolute atomic E-state index is 13.0. The molecule has 0 radical (unpaired) electrons. The second-order valence-electron chi connectivity index (χ2n) is 6.93. The highest BCUT2D eigenvalue weighted by atomic mass is 32.2. The maximum atomic E-state index is 13.0. The molecule has 1 atom stereocenters. The van der Waals surface area contributed by atoms with Crippen molar-refractivity contribution in [3.63, 3.8) is 0 Å². The van der Waals surface area contributed by atoms with Crippen LogP contribution in [0.4, 0.5) is 5.69 Å². The average molecular weight is 424 g/mol. The SMILES string of the molecule is Cc1ccc(C)c(-n2nnnc2SCC(=O)N2C[C@H](C(N)=O)Oc3ccccc32)c1. The summed E-state index contributed by atoms with van der Waals surface area (Å²) in [6.45, 7) is 4.03. The monoisotopic (exact) mass is 424 g/mol. The molecule has 2 heterocycles. The Kier molecular flexibility index (Phi) is 5.40. The molecule has 2 N–H and O–H groups in total. The number of benzene rings is 2. The van der Waals surface area contributed by atoms with E-state index in [1.165, 1.54) is 16.7 Å². The highest BCUT2D eigenvalue weighted by Crippen LogP contribution is 2.34. The van der Waals surface area contributed by atoms with E-state index in [0.717, 1.165) is 16.8 Å². The number of nitrogens with zero attached hydrogens (tertiary/aromatic N) is 5. The van der Waals surface area contributed by atoms with Crippen LogP contribution in [0.15, 0.2) is 47.6 Å². The van der Waals surface area contributed by atoms with Crippen LogP contribution in [0.5, 0.6) is 5.75 Å². The fourth-order valence-electron chi connectivity index (χ4n) is 3.19. The van der Waals surface area contributed by atoms with Crippen LogP contribution in [0.3, 0.4) is 0 Å². The fraction of sp³-hybridized carbons (Fsp3) is 0.250. The maximum Gasteiger partial charge on any atom is 0.260 e. The molecule has 1 aliphatic rings. The lowest BCUT2D eigenvalue weighted by molar-refractivity contribution is -0.125. The molecule has 154 valence electrons. The second-order valence-corrected chi connectivity index (χ2v) is 7.88. The Labute approximate surface area is 177 Å². The summed E-state index contributed by atoms with van der Waals surface area (Å²) in [6.07, 6.45) is -0.894. The van der Waals surface area contributed by atoms with Crippen molar-refractivity contribution in [2.75, 3.05) is 17.2 Å². The van der Waals surface area contributed by atoms with E-state index in [4.69, 9.17) is 10.5 Å². The van der Waals surface area contributed by atoms with Crippen molar-refractivity contribution < 1.29 is 14.3 Å². The Balaban J connectivity index is 1.54. The summed E-state index contributed by atoms with van der Waals surface area (Å²) >= 11 is 1.23. The number of ether oxygens (including phenoxy) is 1. The number of aromatic nitrogens is 4. The Morgan fingerprint density at radius 3 is 2.80 bits per heavy atom. The molecule has 10 heteroatoms. The summed E-state index contributed by atoms with van der Waals surface area (Å²) in [5.74, 6) is -0.275. The van der Waals surface area contributed by atoms with Crippen molar-refractivity contribution in [2.24, 2.45) is 5.73 Å². The molecule has 0 aliphatic carbocycles. The first-order valence-electron chi connectivity index (χ1n) is 9.28. The zero-order valence-corrected chi connectivity index (χ0v) is 17.3. The zero-order valence-electron chi connectivity index (χ0n) is 16.5. The minimum Gasteiger partial charge on any atom is -0.477 e. The van der Waals surface area contributed by atoms with Gasteiger partial charge in [-0.25, -0.2) is 0 Å². The predicted octanol–water partition coefficient (Wildman–Crippen LogP) is 1.65. The number of tetrazole rings is 1. The van der Waals surface area contributed by atoms with Gasteiger partial charge in [0.25, 0.3) is 5.91 Å². The van der Waals surface area contributed by atoms with Crippen molar-refractivity contribution in [3.05, 3.63) is 53.6 Å². The summed E-state index contributed by atoms with van der Waals surface area (Å²) in [5.41, 5.74) is 8.98. The molecule has 2 amide bonds. The van der Waals surface area contributed by atoms with Crippen molar-refractivity contribution in [2.45, 2.75) is 25.1 Å². The molecule has 0 bridgehead atoms. The number of fused-ring (bicyclic) bond motifs is 1. The number of anilines is 1. The van der Waals surface area contributed by atoms with Gasteiger partial charge in [0.05, 0.1) is 23.7 Å². The third-order valence-electron chi connectivity index (χ3n) is 4.75. The summed E-state index contributed by atoms with van der Waals surface area (Å²) in [6, 6.07) is 13.1. The lowest BCUT2D eigenvalue weighted by Gasteiger charge is -2.33. The van der Waals surface area contributed by atoms with Crippen LogP contribution in [0.25, 0.3) is 5.69 Å². The van der Waals surface area contributed by atoms with Crippen LogP contribution < -0.4 is 15.4 Å². The minimum atomic E-state index is -0.894. The van der Waals surface area contributed by atoms with E-state index < -0.39 is 12.0 Å². The van der Waals surface area contributed by atoms with E-state index in [2.05, 4.69) is 15.5 Å². The zero-order chi connectivity index (χ0) is 21.3. The molecular formula is C20H20N6O3S. The van der Waals surface area contributed by atoms with Crippen molar-refractivity contribution in [1.29, 1.82) is 0 Å². The molecule has 0 fully saturated rings. The molecule has 30 heavy (non-hydrogen) atoms. The van der Waals surface area contributed by atoms with Gasteiger partial charge in [0, 0.05) is 0 Å². The Bertz CT molecular complexity index is 1120. The Hall–Kier alpha value is -3.40. The molecule has 4 rings (SSSR count). The van der Waals surface area contributed by atoms with Crippen molar-refractivity contribution >= 4 is 29.3 Å². The number of hydrogen-bond donors (Lipinski definition) is 1. The fourth-order valence-corrected chi connectivity index (χ4v) is 3.95. The van der Waals surface area contributed by atoms with Gasteiger partial charge in [-0.3, -0.25) is 9.59 Å². The summed E-state index contributed by atoms with van der Waals surface area (Å²) < 4.78 is 7.24. The lowest BCUT2D eigenvalue weighted by atomic mass is 10.1. The summed E-state index contributed by atoms with van der Waals surface area (Å²) in [4.78, 5) is 26.2. The molecule has 0 saturated carbocycles. The third-order valence-corrected chi connectivity index (χ3v) is 5.65. The van der Waals surface area contributed by atoms with Gasteiger partial charge >= 0.3 is 0 Å². The molecule has 0 saturated heterocycles. The van der Waals surface area contributed by atoms with Crippen LogP contribution in [-0.4, -0.2) is 50.4 Å². The van der Waals surface area contributed by atoms with Gasteiger partial charge in [-0.2, -0.15) is 4.68 Å². The van der Waals surface area contributed by atoms with E-state index in [1.807, 2.05) is 32.0 Å². The highest BCUT2D eigenvalue weighted by Gasteiger charge is 2.32. The quantitative estimate of drug-likeness (QED) is 0.619. The van der Waals surface area contributed by atoms with Gasteiger partial charge in [-0.05, 0) is 53.6 Å². The van der Waals surface area contributed by atoms with Crippen LogP contribution in [0.1, 0.15) is 11.1 Å². The molecular weight excluding hydrogens is 404 g/mol. The number of aryl methyl sites for hydroxylation is 2. The summed E-state index contributed by atoms with van der Waals surface area (Å²) in [5, 5.41) is 12.4. The Morgan fingerprint density at radius 1 is 1.20 bits per heavy atom. The highest BCUT2D eigenvalue weighted by molar-refractivity contribution is 7.99. The smallest absolute Gasteiger partial charge is 0.260 e. The first kappa shape index (κ1) is 19.9. The molecule has 9 nitrogen and oxygen atoms in total. The molecule has 2 aromatic carbocycles. The number of amides is 2. The van der Waals surface area contributed by atoms with E-state index in [9.17, 15) is 9.59 Å². The topological polar surface area (TPSA) is 116 Å². The van der Waals surface area contributed by atoms with E-state index in [-0.39, 0.29) is 18.2 Å². The molecule has 3 aromatic rings. The number of carbonyl (C=O) groups is 2. The number of para-hydroxylation sites is 2. The largest absolute Gasteiger partial charge is 0.477 e. The van der Waals surface area contributed by atoms with E-state index in [0.29, 0.717) is 16.6 Å². The standard InChI is InChI=1S/C20H20N6O3S/c1-12-7-8-13(2)15(9-12)26-20(22-23-24-26)30-11-18(27)25-10-17(19(21)28)29-16-6-4-3-5-14(16)25/h3-9,17H,10-11H2,1-2H3,(H2,21,28)/t17-/m1/s1. The van der Waals surface area contributed by atoms with Crippen LogP contribution in [0.2, 0.25) is 0 Å². The third kappa shape index (κ3) is 3.86. The predicted molar refractivity (Wildman–Crippen MR) is 112 cm³/mol. The average Bonchev–Trinajstić information content (AvgIpc) is 3.21. The number of thioether (sulfide) groups is 1. The van der Waals surface area contributed by atoms with Crippen molar-refractivity contribution in [1.82, 2.24) is 20.2 Å². The first-order valence-corrected chi connectivity index (χ1v) is 10.3. The Morgan fingerprint density at radius 2 is 2.00 bits per heavy atom. The van der Waals surface area contributed by atoms with E-state index in [1.54, 1.807) is 28.9 Å². The van der Waals surface area contributed by atoms with Gasteiger partial charge in [-0.1, -0.05) is 36.0 Å². The number of primary amides is 1. The second kappa shape index (κ2) is 8.15. The minimum absolute atomic E-state index is 0.0632. The first-order chi connectivity index (χ1) is 14.4. The normalized spacial score (nSPS) is 15.4. The number of hydrogen-bond acceptors (Lipinski definition) is 7. The van der Waals surface area contributed by atoms with Gasteiger partial charge in [0.1, 0.15) is 5.75 Å². The van der Waals surface area contributed by atoms with Gasteiger partial charge in [-0.15, -0.1) is 5.10 Å². The van der Waals surface area contributed by atoms with E-state index >= 15 is 0 Å². The molecule has 1 aliphatic heterocycles. The van der Waals surface area contributed by atoms with Gasteiger partial charge in [0.15, 0.2) is 6.10 Å². The lowest BCUT2D eigenvalue weighted by Crippen LogP contribution is -2.49. The molecule has 1 aromatic heterocycles.